The second-order valence-corrected chi connectivity index (χ2v) is 3.15. The van der Waals surface area contributed by atoms with E-state index in [1.807, 2.05) is 24.3 Å². The second-order valence-electron chi connectivity index (χ2n) is 3.15. The molecule has 0 atom stereocenters. The Morgan fingerprint density at radius 1 is 1.33 bits per heavy atom. The summed E-state index contributed by atoms with van der Waals surface area (Å²) in [6.07, 6.45) is 0. The van der Waals surface area contributed by atoms with Gasteiger partial charge in [-0.3, -0.25) is 5.10 Å². The van der Waals surface area contributed by atoms with Gasteiger partial charge in [-0.15, -0.1) is 5.10 Å². The van der Waals surface area contributed by atoms with Crippen molar-refractivity contribution in [2.75, 3.05) is 18.6 Å². The molecular weight excluding hydrogens is 192 g/mol. The predicted molar refractivity (Wildman–Crippen MR) is 59.4 cm³/mol. The molecule has 1 aromatic carbocycles. The number of aromatic amines is 1. The van der Waals surface area contributed by atoms with E-state index in [0.29, 0.717) is 17.4 Å². The first-order valence-corrected chi connectivity index (χ1v) is 4.46. The van der Waals surface area contributed by atoms with Crippen molar-refractivity contribution in [2.45, 2.75) is 0 Å². The third-order valence-electron chi connectivity index (χ3n) is 2.13. The first kappa shape index (κ1) is 9.39. The van der Waals surface area contributed by atoms with Gasteiger partial charge in [-0.1, -0.05) is 12.1 Å². The third kappa shape index (κ3) is 1.59. The van der Waals surface area contributed by atoms with Crippen molar-refractivity contribution in [3.8, 4) is 17.0 Å². The Morgan fingerprint density at radius 2 is 2.13 bits per heavy atom. The Morgan fingerprint density at radius 3 is 2.80 bits per heavy atom. The van der Waals surface area contributed by atoms with E-state index in [1.54, 1.807) is 7.11 Å². The summed E-state index contributed by atoms with van der Waals surface area (Å²) in [5.41, 5.74) is 13.8. The molecule has 5 N–H and O–H groups in total. The van der Waals surface area contributed by atoms with Crippen molar-refractivity contribution < 1.29 is 4.74 Å². The quantitative estimate of drug-likeness (QED) is 0.642. The molecule has 0 bridgehead atoms. The summed E-state index contributed by atoms with van der Waals surface area (Å²) in [5, 5.41) is 6.60. The smallest absolute Gasteiger partial charge is 0.242 e. The van der Waals surface area contributed by atoms with Crippen LogP contribution in [0, 0.1) is 0 Å². The van der Waals surface area contributed by atoms with Gasteiger partial charge in [0.15, 0.2) is 0 Å². The van der Waals surface area contributed by atoms with Crippen LogP contribution in [0.5, 0.6) is 5.88 Å². The van der Waals surface area contributed by atoms with Crippen LogP contribution in [-0.2, 0) is 0 Å². The molecule has 1 heterocycles. The summed E-state index contributed by atoms with van der Waals surface area (Å²) >= 11 is 0. The summed E-state index contributed by atoms with van der Waals surface area (Å²) in [6.45, 7) is 0. The molecule has 0 spiro atoms. The highest BCUT2D eigenvalue weighted by molar-refractivity contribution is 5.80. The molecule has 0 aliphatic heterocycles. The molecule has 0 radical (unpaired) electrons. The molecular formula is C10H12N4O. The molecule has 0 fully saturated rings. The molecule has 2 aromatic rings. The molecule has 0 unspecified atom stereocenters. The Kier molecular flexibility index (Phi) is 2.21. The number of ether oxygens (including phenoxy) is 1. The number of rotatable bonds is 2. The highest BCUT2D eigenvalue weighted by Gasteiger charge is 2.13. The van der Waals surface area contributed by atoms with Gasteiger partial charge in [0.05, 0.1) is 12.7 Å². The maximum absolute atomic E-state index is 5.76. The average molecular weight is 204 g/mol. The van der Waals surface area contributed by atoms with Crippen molar-refractivity contribution in [3.63, 3.8) is 0 Å². The van der Waals surface area contributed by atoms with Gasteiger partial charge in [0, 0.05) is 5.69 Å². The van der Waals surface area contributed by atoms with Crippen molar-refractivity contribution >= 4 is 11.5 Å². The topological polar surface area (TPSA) is 89.9 Å². The number of methoxy groups -OCH3 is 1. The molecule has 2 rings (SSSR count). The highest BCUT2D eigenvalue weighted by atomic mass is 16.5. The number of nitrogens with two attached hydrogens (primary N) is 2. The number of nitrogen functional groups attached to an aromatic ring is 2. The Hall–Kier alpha value is -2.17. The minimum absolute atomic E-state index is 0.470. The standard InChI is InChI=1S/C10H12N4O/c1-15-10-8(9(12)13-14-10)6-3-2-4-7(11)5-6/h2-5H,11H2,1H3,(H3,12,13,14). The first-order valence-electron chi connectivity index (χ1n) is 4.46. The number of hydrogen-bond acceptors (Lipinski definition) is 4. The number of anilines is 2. The zero-order chi connectivity index (χ0) is 10.8. The van der Waals surface area contributed by atoms with Gasteiger partial charge in [-0.05, 0) is 17.7 Å². The summed E-state index contributed by atoms with van der Waals surface area (Å²) in [5.74, 6) is 0.940. The molecule has 15 heavy (non-hydrogen) atoms. The van der Waals surface area contributed by atoms with Crippen molar-refractivity contribution in [3.05, 3.63) is 24.3 Å². The molecule has 0 aliphatic rings. The summed E-state index contributed by atoms with van der Waals surface area (Å²) in [4.78, 5) is 0. The van der Waals surface area contributed by atoms with E-state index < -0.39 is 0 Å². The van der Waals surface area contributed by atoms with Gasteiger partial charge in [0.2, 0.25) is 5.88 Å². The van der Waals surface area contributed by atoms with Crippen LogP contribution in [0.15, 0.2) is 24.3 Å². The van der Waals surface area contributed by atoms with Crippen molar-refractivity contribution in [1.29, 1.82) is 0 Å². The van der Waals surface area contributed by atoms with Crippen LogP contribution in [0.25, 0.3) is 11.1 Å². The fourth-order valence-corrected chi connectivity index (χ4v) is 1.46. The molecule has 0 amide bonds. The Labute approximate surface area is 87.0 Å². The minimum Gasteiger partial charge on any atom is -0.479 e. The largest absolute Gasteiger partial charge is 0.479 e. The van der Waals surface area contributed by atoms with Crippen LogP contribution >= 0.6 is 0 Å². The lowest BCUT2D eigenvalue weighted by Crippen LogP contribution is -1.91. The van der Waals surface area contributed by atoms with Crippen molar-refractivity contribution in [1.82, 2.24) is 10.2 Å². The zero-order valence-corrected chi connectivity index (χ0v) is 8.32. The van der Waals surface area contributed by atoms with E-state index in [4.69, 9.17) is 16.2 Å². The monoisotopic (exact) mass is 204 g/mol. The predicted octanol–water partition coefficient (Wildman–Crippen LogP) is 1.25. The van der Waals surface area contributed by atoms with Crippen LogP contribution in [0.2, 0.25) is 0 Å². The molecule has 5 heteroatoms. The Bertz CT molecular complexity index is 478. The van der Waals surface area contributed by atoms with Gasteiger partial charge in [-0.25, -0.2) is 0 Å². The molecule has 0 aliphatic carbocycles. The van der Waals surface area contributed by atoms with Gasteiger partial charge >= 0.3 is 0 Å². The SMILES string of the molecule is COc1n[nH]c(N)c1-c1cccc(N)c1. The number of nitrogens with zero attached hydrogens (tertiary/aromatic N) is 1. The lowest BCUT2D eigenvalue weighted by Gasteiger charge is -2.03. The first-order chi connectivity index (χ1) is 7.22. The Balaban J connectivity index is 2.57. The summed E-state index contributed by atoms with van der Waals surface area (Å²) in [6, 6.07) is 7.40. The second kappa shape index (κ2) is 3.53. The number of aromatic nitrogens is 2. The van der Waals surface area contributed by atoms with Crippen LogP contribution in [0.3, 0.4) is 0 Å². The fraction of sp³-hybridized carbons (Fsp3) is 0.100. The van der Waals surface area contributed by atoms with Crippen LogP contribution < -0.4 is 16.2 Å². The van der Waals surface area contributed by atoms with Gasteiger partial charge in [0.25, 0.3) is 0 Å². The lowest BCUT2D eigenvalue weighted by molar-refractivity contribution is 0.398. The van der Waals surface area contributed by atoms with Crippen LogP contribution in [-0.4, -0.2) is 17.3 Å². The van der Waals surface area contributed by atoms with Gasteiger partial charge < -0.3 is 16.2 Å². The zero-order valence-electron chi connectivity index (χ0n) is 8.32. The molecule has 1 aromatic heterocycles. The number of hydrogen-bond donors (Lipinski definition) is 3. The van der Waals surface area contributed by atoms with E-state index in [2.05, 4.69) is 10.2 Å². The lowest BCUT2D eigenvalue weighted by atomic mass is 10.1. The fourth-order valence-electron chi connectivity index (χ4n) is 1.46. The summed E-state index contributed by atoms with van der Waals surface area (Å²) < 4.78 is 5.10. The summed E-state index contributed by atoms with van der Waals surface area (Å²) in [7, 11) is 1.55. The van der Waals surface area contributed by atoms with Gasteiger partial charge in [-0.2, -0.15) is 0 Å². The van der Waals surface area contributed by atoms with E-state index in [1.165, 1.54) is 0 Å². The number of nitrogens with one attached hydrogen (secondary N) is 1. The van der Waals surface area contributed by atoms with E-state index in [9.17, 15) is 0 Å². The molecule has 0 saturated carbocycles. The average Bonchev–Trinajstić information content (AvgIpc) is 2.59. The van der Waals surface area contributed by atoms with Crippen molar-refractivity contribution in [2.24, 2.45) is 0 Å². The highest BCUT2D eigenvalue weighted by Crippen LogP contribution is 2.33. The van der Waals surface area contributed by atoms with E-state index in [-0.39, 0.29) is 0 Å². The number of H-pyrrole nitrogens is 1. The van der Waals surface area contributed by atoms with E-state index in [0.717, 1.165) is 11.1 Å². The third-order valence-corrected chi connectivity index (χ3v) is 2.13. The molecule has 78 valence electrons. The van der Waals surface area contributed by atoms with Crippen LogP contribution in [0.1, 0.15) is 0 Å². The maximum atomic E-state index is 5.76. The molecule has 5 nitrogen and oxygen atoms in total. The van der Waals surface area contributed by atoms with Crippen LogP contribution in [0.4, 0.5) is 11.5 Å². The number of benzene rings is 1. The van der Waals surface area contributed by atoms with E-state index >= 15 is 0 Å². The minimum atomic E-state index is 0.470. The maximum Gasteiger partial charge on any atom is 0.242 e. The normalized spacial score (nSPS) is 10.2. The molecule has 0 saturated heterocycles. The van der Waals surface area contributed by atoms with Gasteiger partial charge in [0.1, 0.15) is 5.82 Å².